The molecular weight excluding hydrogens is 339 g/mol. The summed E-state index contributed by atoms with van der Waals surface area (Å²) in [5, 5.41) is 7.02. The molecule has 0 aromatic carbocycles. The molecule has 12 heteroatoms. The predicted molar refractivity (Wildman–Crippen MR) is 53.9 cm³/mol. The standard InChI is InChI=1S/C9H3ClF7NO3/c10-3-1-2(6(20)21)5(19)18-4(3)7(11,12)8(13,14)9(15,16)17/h1H,(H,18,19)(H,20,21). The van der Waals surface area contributed by atoms with Crippen LogP contribution in [0.4, 0.5) is 30.7 Å². The first kappa shape index (κ1) is 17.3. The van der Waals surface area contributed by atoms with Gasteiger partial charge in [0.15, 0.2) is 0 Å². The number of hydrogen-bond acceptors (Lipinski definition) is 2. The zero-order valence-electron chi connectivity index (χ0n) is 9.36. The van der Waals surface area contributed by atoms with Gasteiger partial charge in [0.25, 0.3) is 5.56 Å². The first-order valence-corrected chi connectivity index (χ1v) is 5.10. The normalized spacial score (nSPS) is 13.3. The quantitative estimate of drug-likeness (QED) is 0.830. The average Bonchev–Trinajstić information content (AvgIpc) is 2.29. The molecule has 1 aromatic rings. The molecule has 0 saturated heterocycles. The number of carbonyl (C=O) groups is 1. The lowest BCUT2D eigenvalue weighted by Crippen LogP contribution is -2.51. The number of nitrogens with one attached hydrogen (secondary N) is 1. The van der Waals surface area contributed by atoms with Crippen molar-refractivity contribution < 1.29 is 40.6 Å². The van der Waals surface area contributed by atoms with Crippen LogP contribution in [0.3, 0.4) is 0 Å². The predicted octanol–water partition coefficient (Wildman–Crippen LogP) is 3.02. The van der Waals surface area contributed by atoms with E-state index in [0.717, 1.165) is 4.98 Å². The highest BCUT2D eigenvalue weighted by molar-refractivity contribution is 6.31. The summed E-state index contributed by atoms with van der Waals surface area (Å²) < 4.78 is 88.2. The van der Waals surface area contributed by atoms with Crippen molar-refractivity contribution in [1.29, 1.82) is 0 Å². The summed E-state index contributed by atoms with van der Waals surface area (Å²) in [6, 6.07) is 0.0540. The molecular formula is C9H3ClF7NO3. The Labute approximate surface area is 115 Å². The molecule has 118 valence electrons. The van der Waals surface area contributed by atoms with Gasteiger partial charge in [-0.2, -0.15) is 30.7 Å². The number of aromatic carboxylic acids is 1. The number of alkyl halides is 7. The number of aromatic nitrogens is 1. The van der Waals surface area contributed by atoms with Gasteiger partial charge in [-0.15, -0.1) is 0 Å². The lowest BCUT2D eigenvalue weighted by atomic mass is 10.1. The van der Waals surface area contributed by atoms with E-state index in [1.54, 1.807) is 0 Å². The van der Waals surface area contributed by atoms with E-state index in [1.807, 2.05) is 0 Å². The molecule has 1 rings (SSSR count). The molecule has 1 aromatic heterocycles. The molecule has 0 atom stereocenters. The van der Waals surface area contributed by atoms with Crippen LogP contribution in [0.5, 0.6) is 0 Å². The van der Waals surface area contributed by atoms with Gasteiger partial charge in [-0.25, -0.2) is 4.79 Å². The van der Waals surface area contributed by atoms with E-state index in [0.29, 0.717) is 0 Å². The molecule has 0 saturated carbocycles. The maximum atomic E-state index is 13.3. The van der Waals surface area contributed by atoms with Gasteiger partial charge >= 0.3 is 24.0 Å². The Balaban J connectivity index is 3.57. The molecule has 4 nitrogen and oxygen atoms in total. The molecule has 0 fully saturated rings. The fourth-order valence-corrected chi connectivity index (χ4v) is 1.50. The molecule has 0 spiro atoms. The second-order valence-corrected chi connectivity index (χ2v) is 4.09. The van der Waals surface area contributed by atoms with Gasteiger partial charge < -0.3 is 10.1 Å². The molecule has 0 unspecified atom stereocenters. The number of H-pyrrole nitrogens is 1. The highest BCUT2D eigenvalue weighted by atomic mass is 35.5. The minimum atomic E-state index is -6.62. The minimum absolute atomic E-state index is 0.0540. The topological polar surface area (TPSA) is 70.2 Å². The van der Waals surface area contributed by atoms with E-state index in [9.17, 15) is 40.3 Å². The van der Waals surface area contributed by atoms with Crippen LogP contribution in [-0.2, 0) is 5.92 Å². The Morgan fingerprint density at radius 3 is 2.00 bits per heavy atom. The van der Waals surface area contributed by atoms with Crippen molar-refractivity contribution >= 4 is 17.6 Å². The fourth-order valence-electron chi connectivity index (χ4n) is 1.23. The number of carboxylic acids is 1. The molecule has 0 aliphatic heterocycles. The van der Waals surface area contributed by atoms with Crippen molar-refractivity contribution in [3.8, 4) is 0 Å². The Bertz CT molecular complexity index is 637. The monoisotopic (exact) mass is 341 g/mol. The maximum absolute atomic E-state index is 13.3. The Morgan fingerprint density at radius 1 is 1.14 bits per heavy atom. The van der Waals surface area contributed by atoms with Gasteiger partial charge in [-0.3, -0.25) is 4.79 Å². The molecule has 0 aliphatic carbocycles. The maximum Gasteiger partial charge on any atom is 0.460 e. The molecule has 2 N–H and O–H groups in total. The Morgan fingerprint density at radius 2 is 1.62 bits per heavy atom. The smallest absolute Gasteiger partial charge is 0.460 e. The summed E-state index contributed by atoms with van der Waals surface area (Å²) in [6.07, 6.45) is -6.62. The highest BCUT2D eigenvalue weighted by Crippen LogP contribution is 2.52. The van der Waals surface area contributed by atoms with Gasteiger partial charge in [0.2, 0.25) is 0 Å². The third-order valence-electron chi connectivity index (χ3n) is 2.29. The van der Waals surface area contributed by atoms with Crippen LogP contribution in [0.25, 0.3) is 0 Å². The van der Waals surface area contributed by atoms with E-state index in [1.165, 1.54) is 0 Å². The van der Waals surface area contributed by atoms with E-state index >= 15 is 0 Å². The molecule has 0 aliphatic rings. The summed E-state index contributed by atoms with van der Waals surface area (Å²) >= 11 is 5.07. The van der Waals surface area contributed by atoms with Crippen LogP contribution in [0.2, 0.25) is 5.02 Å². The van der Waals surface area contributed by atoms with Crippen molar-refractivity contribution in [2.45, 2.75) is 18.0 Å². The number of rotatable bonds is 3. The van der Waals surface area contributed by atoms with Crippen molar-refractivity contribution in [2.75, 3.05) is 0 Å². The molecule has 0 radical (unpaired) electrons. The van der Waals surface area contributed by atoms with Gasteiger partial charge in [0.1, 0.15) is 11.3 Å². The van der Waals surface area contributed by atoms with Crippen LogP contribution in [0.1, 0.15) is 16.1 Å². The van der Waals surface area contributed by atoms with Crippen LogP contribution in [0.15, 0.2) is 10.9 Å². The van der Waals surface area contributed by atoms with E-state index in [4.69, 9.17) is 16.7 Å². The summed E-state index contributed by atoms with van der Waals surface area (Å²) in [7, 11) is 0. The second-order valence-electron chi connectivity index (χ2n) is 3.69. The average molecular weight is 342 g/mol. The zero-order valence-corrected chi connectivity index (χ0v) is 10.1. The third kappa shape index (κ3) is 2.69. The van der Waals surface area contributed by atoms with E-state index < -0.39 is 45.8 Å². The van der Waals surface area contributed by atoms with Gasteiger partial charge in [0.05, 0.1) is 5.02 Å². The molecule has 0 amide bonds. The van der Waals surface area contributed by atoms with Crippen molar-refractivity contribution in [2.24, 2.45) is 0 Å². The molecule has 0 bridgehead atoms. The highest BCUT2D eigenvalue weighted by Gasteiger charge is 2.74. The fraction of sp³-hybridized carbons (Fsp3) is 0.333. The van der Waals surface area contributed by atoms with Crippen molar-refractivity contribution in [3.05, 3.63) is 32.7 Å². The third-order valence-corrected chi connectivity index (χ3v) is 2.59. The van der Waals surface area contributed by atoms with Crippen LogP contribution >= 0.6 is 11.6 Å². The summed E-state index contributed by atoms with van der Waals surface area (Å²) in [6.45, 7) is 0. The number of pyridine rings is 1. The van der Waals surface area contributed by atoms with E-state index in [-0.39, 0.29) is 6.07 Å². The first-order chi connectivity index (χ1) is 9.23. The van der Waals surface area contributed by atoms with Gasteiger partial charge in [-0.05, 0) is 6.07 Å². The van der Waals surface area contributed by atoms with Gasteiger partial charge in [-0.1, -0.05) is 11.6 Å². The second kappa shape index (κ2) is 4.90. The molecule has 21 heavy (non-hydrogen) atoms. The SMILES string of the molecule is O=C(O)c1cc(Cl)c(C(F)(F)C(F)(F)C(F)(F)F)[nH]c1=O. The summed E-state index contributed by atoms with van der Waals surface area (Å²) in [4.78, 5) is 22.5. The van der Waals surface area contributed by atoms with Crippen molar-refractivity contribution in [1.82, 2.24) is 4.98 Å². The lowest BCUT2D eigenvalue weighted by Gasteiger charge is -2.28. The Kier molecular flexibility index (Phi) is 4.03. The molecule has 1 heterocycles. The minimum Gasteiger partial charge on any atom is -0.477 e. The van der Waals surface area contributed by atoms with Gasteiger partial charge in [0, 0.05) is 0 Å². The number of hydrogen-bond donors (Lipinski definition) is 2. The first-order valence-electron chi connectivity index (χ1n) is 4.72. The Hall–Kier alpha value is -1.78. The van der Waals surface area contributed by atoms with Crippen LogP contribution in [0, 0.1) is 0 Å². The zero-order chi connectivity index (χ0) is 16.8. The lowest BCUT2D eigenvalue weighted by molar-refractivity contribution is -0.360. The summed E-state index contributed by atoms with van der Waals surface area (Å²) in [5.74, 6) is -14.4. The van der Waals surface area contributed by atoms with E-state index in [2.05, 4.69) is 0 Å². The number of carboxylic acid groups (broad SMARTS) is 1. The van der Waals surface area contributed by atoms with Crippen LogP contribution < -0.4 is 5.56 Å². The van der Waals surface area contributed by atoms with Crippen LogP contribution in [-0.4, -0.2) is 28.2 Å². The number of aromatic amines is 1. The summed E-state index contributed by atoms with van der Waals surface area (Å²) in [5.41, 5.74) is -5.24. The van der Waals surface area contributed by atoms with Crippen molar-refractivity contribution in [3.63, 3.8) is 0 Å². The number of halogens is 8. The largest absolute Gasteiger partial charge is 0.477 e.